The van der Waals surface area contributed by atoms with E-state index in [0.29, 0.717) is 0 Å². The van der Waals surface area contributed by atoms with Crippen LogP contribution in [0.1, 0.15) is 13.8 Å². The number of aliphatic carboxylic acids is 1. The SMILES string of the molecule is CC(C)C(N)C(=O)NC(CS)C(=O)NC(CO)C(=O)NC(CO)C(=O)O. The Balaban J connectivity index is 4.91. The molecule has 3 amide bonds. The van der Waals surface area contributed by atoms with E-state index >= 15 is 0 Å². The molecule has 0 rings (SSSR count). The molecule has 0 spiro atoms. The number of carbonyl (C=O) groups is 4. The first-order chi connectivity index (χ1) is 12.1. The van der Waals surface area contributed by atoms with E-state index in [1.165, 1.54) is 0 Å². The van der Waals surface area contributed by atoms with E-state index in [9.17, 15) is 24.3 Å². The van der Waals surface area contributed by atoms with Crippen LogP contribution in [0.5, 0.6) is 0 Å². The lowest BCUT2D eigenvalue weighted by Crippen LogP contribution is -2.59. The summed E-state index contributed by atoms with van der Waals surface area (Å²) in [4.78, 5) is 46.9. The van der Waals surface area contributed by atoms with Crippen molar-refractivity contribution < 1.29 is 34.5 Å². The fourth-order valence-electron chi connectivity index (χ4n) is 1.69. The lowest BCUT2D eigenvalue weighted by Gasteiger charge is -2.23. The fourth-order valence-corrected chi connectivity index (χ4v) is 1.95. The summed E-state index contributed by atoms with van der Waals surface area (Å²) in [6.07, 6.45) is 0. The van der Waals surface area contributed by atoms with Crippen molar-refractivity contribution in [1.82, 2.24) is 16.0 Å². The van der Waals surface area contributed by atoms with Gasteiger partial charge in [-0.05, 0) is 5.92 Å². The maximum atomic E-state index is 12.2. The minimum atomic E-state index is -1.59. The molecular weight excluding hydrogens is 368 g/mol. The first-order valence-electron chi connectivity index (χ1n) is 7.81. The molecule has 0 aromatic carbocycles. The molecule has 4 unspecified atom stereocenters. The Morgan fingerprint density at radius 3 is 1.69 bits per heavy atom. The van der Waals surface area contributed by atoms with Crippen LogP contribution in [0.2, 0.25) is 0 Å². The number of aliphatic hydroxyl groups excluding tert-OH is 2. The van der Waals surface area contributed by atoms with Crippen molar-refractivity contribution in [2.24, 2.45) is 11.7 Å². The summed E-state index contributed by atoms with van der Waals surface area (Å²) in [6.45, 7) is 1.77. The van der Waals surface area contributed by atoms with Crippen LogP contribution in [0.3, 0.4) is 0 Å². The molecule has 0 bridgehead atoms. The molecule has 4 atom stereocenters. The van der Waals surface area contributed by atoms with Crippen LogP contribution in [0.4, 0.5) is 0 Å². The van der Waals surface area contributed by atoms with Gasteiger partial charge in [-0.3, -0.25) is 14.4 Å². The second-order valence-electron chi connectivity index (χ2n) is 5.84. The standard InChI is InChI=1S/C14H26N4O7S/c1-6(2)10(15)13(23)18-9(5-26)12(22)16-7(3-19)11(21)17-8(4-20)14(24)25/h6-10,19-20,26H,3-5,15H2,1-2H3,(H,16,22)(H,17,21)(H,18,23)(H,24,25). The summed E-state index contributed by atoms with van der Waals surface area (Å²) >= 11 is 3.96. The number of nitrogens with one attached hydrogen (secondary N) is 3. The highest BCUT2D eigenvalue weighted by atomic mass is 32.1. The fraction of sp³-hybridized carbons (Fsp3) is 0.714. The molecule has 150 valence electrons. The average molecular weight is 394 g/mol. The summed E-state index contributed by atoms with van der Waals surface area (Å²) in [5.74, 6) is -4.14. The monoisotopic (exact) mass is 394 g/mol. The molecule has 0 fully saturated rings. The Bertz CT molecular complexity index is 518. The van der Waals surface area contributed by atoms with Crippen LogP contribution in [-0.4, -0.2) is 82.1 Å². The van der Waals surface area contributed by atoms with E-state index in [2.05, 4.69) is 23.3 Å². The van der Waals surface area contributed by atoms with Crippen LogP contribution in [-0.2, 0) is 19.2 Å². The highest BCUT2D eigenvalue weighted by Gasteiger charge is 2.29. The van der Waals surface area contributed by atoms with Gasteiger partial charge in [0.25, 0.3) is 0 Å². The van der Waals surface area contributed by atoms with Crippen molar-refractivity contribution in [2.45, 2.75) is 38.0 Å². The quantitative estimate of drug-likeness (QED) is 0.165. The number of rotatable bonds is 11. The Morgan fingerprint density at radius 2 is 1.31 bits per heavy atom. The predicted molar refractivity (Wildman–Crippen MR) is 94.3 cm³/mol. The highest BCUT2D eigenvalue weighted by Crippen LogP contribution is 2.00. The Labute approximate surface area is 156 Å². The number of hydrogen-bond donors (Lipinski definition) is 8. The third-order valence-corrected chi connectivity index (χ3v) is 3.81. The van der Waals surface area contributed by atoms with Gasteiger partial charge in [0.05, 0.1) is 19.3 Å². The van der Waals surface area contributed by atoms with Gasteiger partial charge in [-0.15, -0.1) is 0 Å². The number of hydrogen-bond acceptors (Lipinski definition) is 8. The van der Waals surface area contributed by atoms with Gasteiger partial charge < -0.3 is 37.0 Å². The van der Waals surface area contributed by atoms with E-state index in [1.54, 1.807) is 13.8 Å². The molecule has 0 aliphatic heterocycles. The van der Waals surface area contributed by atoms with Crippen molar-refractivity contribution in [3.8, 4) is 0 Å². The smallest absolute Gasteiger partial charge is 0.328 e. The molecule has 0 heterocycles. The number of nitrogens with two attached hydrogens (primary N) is 1. The summed E-state index contributed by atoms with van der Waals surface area (Å²) in [6, 6.07) is -5.03. The summed E-state index contributed by atoms with van der Waals surface area (Å²) in [5, 5.41) is 33.5. The summed E-state index contributed by atoms with van der Waals surface area (Å²) in [5.41, 5.74) is 5.69. The molecule has 0 aromatic rings. The molecule has 0 aromatic heterocycles. The van der Waals surface area contributed by atoms with Crippen molar-refractivity contribution in [1.29, 1.82) is 0 Å². The molecule has 11 nitrogen and oxygen atoms in total. The number of carboxylic acid groups (broad SMARTS) is 1. The predicted octanol–water partition coefficient (Wildman–Crippen LogP) is -3.58. The molecule has 0 radical (unpaired) electrons. The first kappa shape index (κ1) is 24.1. The molecular formula is C14H26N4O7S. The van der Waals surface area contributed by atoms with Crippen LogP contribution >= 0.6 is 12.6 Å². The average Bonchev–Trinajstić information content (AvgIpc) is 2.59. The molecule has 0 aliphatic rings. The normalized spacial score (nSPS) is 15.5. The number of amides is 3. The second-order valence-corrected chi connectivity index (χ2v) is 6.20. The van der Waals surface area contributed by atoms with E-state index in [-0.39, 0.29) is 11.7 Å². The number of aliphatic hydroxyl groups is 2. The van der Waals surface area contributed by atoms with E-state index in [1.807, 2.05) is 5.32 Å². The summed E-state index contributed by atoms with van der Waals surface area (Å²) in [7, 11) is 0. The third-order valence-electron chi connectivity index (χ3n) is 3.45. The zero-order chi connectivity index (χ0) is 20.4. The van der Waals surface area contributed by atoms with Gasteiger partial charge in [0.1, 0.15) is 18.1 Å². The highest BCUT2D eigenvalue weighted by molar-refractivity contribution is 7.80. The summed E-state index contributed by atoms with van der Waals surface area (Å²) < 4.78 is 0. The molecule has 0 aliphatic carbocycles. The molecule has 0 saturated carbocycles. The lowest BCUT2D eigenvalue weighted by molar-refractivity contribution is -0.143. The Kier molecular flexibility index (Phi) is 10.8. The third kappa shape index (κ3) is 7.56. The number of carboxylic acids is 1. The minimum absolute atomic E-state index is 0.101. The molecule has 12 heteroatoms. The van der Waals surface area contributed by atoms with Gasteiger partial charge in [0.2, 0.25) is 17.7 Å². The van der Waals surface area contributed by atoms with E-state index < -0.39 is 61.1 Å². The Morgan fingerprint density at radius 1 is 0.885 bits per heavy atom. The lowest BCUT2D eigenvalue weighted by atomic mass is 10.0. The largest absolute Gasteiger partial charge is 0.480 e. The van der Waals surface area contributed by atoms with Gasteiger partial charge in [0.15, 0.2) is 0 Å². The maximum absolute atomic E-state index is 12.2. The van der Waals surface area contributed by atoms with E-state index in [4.69, 9.17) is 15.9 Å². The zero-order valence-corrected chi connectivity index (χ0v) is 15.4. The van der Waals surface area contributed by atoms with Crippen LogP contribution in [0.15, 0.2) is 0 Å². The van der Waals surface area contributed by atoms with Gasteiger partial charge in [-0.2, -0.15) is 12.6 Å². The molecule has 0 saturated heterocycles. The van der Waals surface area contributed by atoms with Crippen molar-refractivity contribution in [3.63, 3.8) is 0 Å². The zero-order valence-electron chi connectivity index (χ0n) is 14.5. The van der Waals surface area contributed by atoms with Crippen LogP contribution in [0, 0.1) is 5.92 Å². The number of carbonyl (C=O) groups excluding carboxylic acids is 3. The molecule has 26 heavy (non-hydrogen) atoms. The van der Waals surface area contributed by atoms with Crippen LogP contribution < -0.4 is 21.7 Å². The minimum Gasteiger partial charge on any atom is -0.480 e. The van der Waals surface area contributed by atoms with Gasteiger partial charge in [0, 0.05) is 5.75 Å². The van der Waals surface area contributed by atoms with Gasteiger partial charge in [-0.1, -0.05) is 13.8 Å². The molecule has 8 N–H and O–H groups in total. The van der Waals surface area contributed by atoms with Crippen molar-refractivity contribution in [3.05, 3.63) is 0 Å². The van der Waals surface area contributed by atoms with E-state index in [0.717, 1.165) is 0 Å². The van der Waals surface area contributed by atoms with Crippen molar-refractivity contribution >= 4 is 36.3 Å². The van der Waals surface area contributed by atoms with Crippen LogP contribution in [0.25, 0.3) is 0 Å². The number of thiol groups is 1. The topological polar surface area (TPSA) is 191 Å². The first-order valence-corrected chi connectivity index (χ1v) is 8.44. The van der Waals surface area contributed by atoms with Gasteiger partial charge in [-0.25, -0.2) is 4.79 Å². The maximum Gasteiger partial charge on any atom is 0.328 e. The van der Waals surface area contributed by atoms with Gasteiger partial charge >= 0.3 is 5.97 Å². The Hall–Kier alpha value is -1.89. The second kappa shape index (κ2) is 11.7. The van der Waals surface area contributed by atoms with Crippen molar-refractivity contribution in [2.75, 3.05) is 19.0 Å².